The van der Waals surface area contributed by atoms with Gasteiger partial charge in [-0.05, 0) is 18.4 Å². The van der Waals surface area contributed by atoms with Crippen LogP contribution in [0.2, 0.25) is 0 Å². The molecule has 1 heterocycles. The topological polar surface area (TPSA) is 148 Å². The summed E-state index contributed by atoms with van der Waals surface area (Å²) in [5.74, 6) is -7.21. The minimum absolute atomic E-state index is 0.148. The maximum atomic E-state index is 13.5. The maximum Gasteiger partial charge on any atom is 0.491 e. The first-order valence-electron chi connectivity index (χ1n) is 10.6. The molecule has 35 heavy (non-hydrogen) atoms. The number of hydrogen-bond acceptors (Lipinski definition) is 7. The van der Waals surface area contributed by atoms with E-state index in [1.807, 2.05) is 18.2 Å². The van der Waals surface area contributed by atoms with E-state index in [0.717, 1.165) is 12.5 Å². The number of rotatable bonds is 9. The van der Waals surface area contributed by atoms with Crippen molar-refractivity contribution >= 4 is 23.8 Å². The van der Waals surface area contributed by atoms with E-state index in [2.05, 4.69) is 10.1 Å². The largest absolute Gasteiger partial charge is 0.491 e. The fraction of sp³-hybridized carbons (Fsp3) is 0.455. The molecule has 13 heteroatoms. The van der Waals surface area contributed by atoms with Crippen molar-refractivity contribution in [1.82, 2.24) is 10.2 Å². The standard InChI is InChI=1S/C22H26F3N3O7/c1-3-10-28(11-9-14-7-5-4-6-8-14)18(30)16-17(27-13(2)29)21(26,12-15(34-16)19(31)32)35-20(33)22(23,24)25/h4-8,12,16-17H,3,9-11,26H2,1-2H3,(H,27,29)(H,31,32)/t16-,17-,21+/m1/s1. The first-order valence-corrected chi connectivity index (χ1v) is 10.6. The van der Waals surface area contributed by atoms with Crippen molar-refractivity contribution in [1.29, 1.82) is 0 Å². The maximum absolute atomic E-state index is 13.5. The predicted octanol–water partition coefficient (Wildman–Crippen LogP) is 1.10. The number of carbonyl (C=O) groups is 4. The SMILES string of the molecule is CCCN(CCc1ccccc1)C(=O)[C@@H]1OC(C(=O)O)=C[C@](N)(OC(=O)C(F)(F)F)[C@@H]1NC(C)=O. The van der Waals surface area contributed by atoms with Gasteiger partial charge in [-0.3, -0.25) is 15.3 Å². The van der Waals surface area contributed by atoms with Gasteiger partial charge in [0, 0.05) is 26.1 Å². The number of halogens is 3. The van der Waals surface area contributed by atoms with Gasteiger partial charge in [0.15, 0.2) is 0 Å². The van der Waals surface area contributed by atoms with Crippen LogP contribution in [0.1, 0.15) is 25.8 Å². The van der Waals surface area contributed by atoms with Gasteiger partial charge in [-0.1, -0.05) is 37.3 Å². The van der Waals surface area contributed by atoms with Gasteiger partial charge in [-0.2, -0.15) is 13.2 Å². The zero-order chi connectivity index (χ0) is 26.4. The summed E-state index contributed by atoms with van der Waals surface area (Å²) in [5.41, 5.74) is 3.93. The number of benzene rings is 1. The number of ether oxygens (including phenoxy) is 2. The molecular weight excluding hydrogens is 475 g/mol. The van der Waals surface area contributed by atoms with Crippen LogP contribution >= 0.6 is 0 Å². The first kappa shape index (κ1) is 27.6. The fourth-order valence-electron chi connectivity index (χ4n) is 3.48. The molecule has 0 spiro atoms. The van der Waals surface area contributed by atoms with Gasteiger partial charge in [0.05, 0.1) is 0 Å². The Bertz CT molecular complexity index is 984. The number of carboxylic acids is 1. The smallest absolute Gasteiger partial charge is 0.475 e. The monoisotopic (exact) mass is 501 g/mol. The van der Waals surface area contributed by atoms with Crippen LogP contribution in [0.3, 0.4) is 0 Å². The fourth-order valence-corrected chi connectivity index (χ4v) is 3.48. The normalized spacial score (nSPS) is 21.8. The average Bonchev–Trinajstić information content (AvgIpc) is 2.77. The number of amides is 2. The van der Waals surface area contributed by atoms with Crippen molar-refractivity contribution in [3.63, 3.8) is 0 Å². The highest BCUT2D eigenvalue weighted by Gasteiger charge is 2.55. The summed E-state index contributed by atoms with van der Waals surface area (Å²) in [6.07, 6.45) is -6.08. The molecule has 1 aliphatic rings. The lowest BCUT2D eigenvalue weighted by Gasteiger charge is -2.43. The Labute approximate surface area is 198 Å². The highest BCUT2D eigenvalue weighted by molar-refractivity contribution is 5.89. The molecule has 2 amide bonds. The van der Waals surface area contributed by atoms with Gasteiger partial charge in [-0.25, -0.2) is 9.59 Å². The second-order valence-corrected chi connectivity index (χ2v) is 7.83. The van der Waals surface area contributed by atoms with Gasteiger partial charge in [0.2, 0.25) is 23.5 Å². The van der Waals surface area contributed by atoms with Gasteiger partial charge >= 0.3 is 18.1 Å². The lowest BCUT2D eigenvalue weighted by molar-refractivity contribution is -0.216. The molecule has 10 nitrogen and oxygen atoms in total. The lowest BCUT2D eigenvalue weighted by atomic mass is 9.93. The molecule has 0 saturated carbocycles. The van der Waals surface area contributed by atoms with E-state index < -0.39 is 53.6 Å². The molecule has 2 rings (SSSR count). The Balaban J connectivity index is 2.45. The van der Waals surface area contributed by atoms with E-state index in [0.29, 0.717) is 18.9 Å². The summed E-state index contributed by atoms with van der Waals surface area (Å²) in [6.45, 7) is 3.10. The molecule has 1 aliphatic heterocycles. The Morgan fingerprint density at radius 1 is 1.20 bits per heavy atom. The van der Waals surface area contributed by atoms with Crippen molar-refractivity contribution in [2.45, 2.75) is 50.7 Å². The van der Waals surface area contributed by atoms with Crippen LogP contribution < -0.4 is 11.1 Å². The molecule has 0 bridgehead atoms. The highest BCUT2D eigenvalue weighted by Crippen LogP contribution is 2.30. The summed E-state index contributed by atoms with van der Waals surface area (Å²) in [7, 11) is 0. The quantitative estimate of drug-likeness (QED) is 0.337. The lowest BCUT2D eigenvalue weighted by Crippen LogP contribution is -2.70. The van der Waals surface area contributed by atoms with Crippen molar-refractivity contribution in [3.05, 3.63) is 47.7 Å². The molecular formula is C22H26F3N3O7. The van der Waals surface area contributed by atoms with Gasteiger partial charge in [0.1, 0.15) is 6.04 Å². The number of hydrogen-bond donors (Lipinski definition) is 3. The third-order valence-electron chi connectivity index (χ3n) is 5.03. The van der Waals surface area contributed by atoms with E-state index in [1.54, 1.807) is 19.1 Å². The van der Waals surface area contributed by atoms with E-state index >= 15 is 0 Å². The molecule has 3 atom stereocenters. The minimum Gasteiger partial charge on any atom is -0.475 e. The third kappa shape index (κ3) is 7.18. The number of nitrogens with zero attached hydrogens (tertiary/aromatic N) is 1. The highest BCUT2D eigenvalue weighted by atomic mass is 19.4. The number of carboxylic acid groups (broad SMARTS) is 1. The van der Waals surface area contributed by atoms with Crippen LogP contribution in [-0.2, 0) is 35.1 Å². The van der Waals surface area contributed by atoms with E-state index in [-0.39, 0.29) is 13.1 Å². The molecule has 0 unspecified atom stereocenters. The third-order valence-corrected chi connectivity index (χ3v) is 5.03. The summed E-state index contributed by atoms with van der Waals surface area (Å²) in [4.78, 5) is 49.8. The van der Waals surface area contributed by atoms with Crippen molar-refractivity contribution in [2.24, 2.45) is 5.73 Å². The Morgan fingerprint density at radius 3 is 2.34 bits per heavy atom. The summed E-state index contributed by atoms with van der Waals surface area (Å²) in [5, 5.41) is 11.6. The van der Waals surface area contributed by atoms with Gasteiger partial charge < -0.3 is 24.8 Å². The number of nitrogens with one attached hydrogen (secondary N) is 1. The molecule has 192 valence electrons. The molecule has 0 aromatic heterocycles. The van der Waals surface area contributed by atoms with Crippen molar-refractivity contribution in [2.75, 3.05) is 13.1 Å². The minimum atomic E-state index is -5.48. The summed E-state index contributed by atoms with van der Waals surface area (Å²) in [6, 6.07) is 7.23. The Kier molecular flexibility index (Phi) is 8.85. The predicted molar refractivity (Wildman–Crippen MR) is 114 cm³/mol. The van der Waals surface area contributed by atoms with Crippen molar-refractivity contribution in [3.8, 4) is 0 Å². The zero-order valence-corrected chi connectivity index (χ0v) is 19.0. The van der Waals surface area contributed by atoms with Crippen LogP contribution in [0.15, 0.2) is 42.2 Å². The van der Waals surface area contributed by atoms with Gasteiger partial charge in [0.25, 0.3) is 5.91 Å². The second-order valence-electron chi connectivity index (χ2n) is 7.83. The molecule has 1 aromatic carbocycles. The summed E-state index contributed by atoms with van der Waals surface area (Å²) < 4.78 is 48.4. The number of nitrogens with two attached hydrogens (primary N) is 1. The van der Waals surface area contributed by atoms with Crippen molar-refractivity contribution < 1.29 is 46.9 Å². The molecule has 1 aromatic rings. The second kappa shape index (κ2) is 11.2. The molecule has 4 N–H and O–H groups in total. The van der Waals surface area contributed by atoms with Gasteiger partial charge in [-0.15, -0.1) is 0 Å². The molecule has 0 saturated heterocycles. The molecule has 0 radical (unpaired) electrons. The van der Waals surface area contributed by atoms with Crippen LogP contribution in [-0.4, -0.2) is 70.9 Å². The number of esters is 1. The zero-order valence-electron chi connectivity index (χ0n) is 19.0. The first-order chi connectivity index (χ1) is 16.3. The average molecular weight is 501 g/mol. The van der Waals surface area contributed by atoms with Crippen LogP contribution in [0, 0.1) is 0 Å². The van der Waals surface area contributed by atoms with Crippen LogP contribution in [0.5, 0.6) is 0 Å². The van der Waals surface area contributed by atoms with E-state index in [4.69, 9.17) is 10.5 Å². The number of aliphatic carboxylic acids is 1. The molecule has 0 aliphatic carbocycles. The number of carbonyl (C=O) groups excluding carboxylic acids is 3. The number of alkyl halides is 3. The van der Waals surface area contributed by atoms with Crippen LogP contribution in [0.25, 0.3) is 0 Å². The molecule has 0 fully saturated rings. The Morgan fingerprint density at radius 2 is 1.83 bits per heavy atom. The van der Waals surface area contributed by atoms with E-state index in [1.165, 1.54) is 4.90 Å². The van der Waals surface area contributed by atoms with E-state index in [9.17, 15) is 37.5 Å². The Hall–Kier alpha value is -3.61. The summed E-state index contributed by atoms with van der Waals surface area (Å²) >= 11 is 0. The van der Waals surface area contributed by atoms with Crippen LogP contribution in [0.4, 0.5) is 13.2 Å².